The summed E-state index contributed by atoms with van der Waals surface area (Å²) in [5.74, 6) is -5.74. The lowest BCUT2D eigenvalue weighted by atomic mass is 9.97. The lowest BCUT2D eigenvalue weighted by molar-refractivity contribution is -0.284. The number of hydroxylamine groups is 1. The third-order valence-electron chi connectivity index (χ3n) is 6.34. The van der Waals surface area contributed by atoms with Gasteiger partial charge in [0.15, 0.2) is 4.75 Å². The summed E-state index contributed by atoms with van der Waals surface area (Å²) in [4.78, 5) is 20.5. The molecule has 0 atom stereocenters. The molecule has 2 saturated heterocycles. The van der Waals surface area contributed by atoms with E-state index in [9.17, 15) is 35.2 Å². The first-order chi connectivity index (χ1) is 15.8. The third kappa shape index (κ3) is 5.16. The van der Waals surface area contributed by atoms with Crippen LogP contribution in [0.5, 0.6) is 0 Å². The Balaban J connectivity index is 1.63. The Morgan fingerprint density at radius 2 is 1.71 bits per heavy atom. The molecule has 3 heterocycles. The highest BCUT2D eigenvalue weighted by Crippen LogP contribution is 2.39. The SMILES string of the molecule is O=C(NO)C1(S(=O)(=O)N2CCC(c3ncc(CCC(F)(F)C(F)(F)F)cn3)CC2)CCOCC1. The standard InChI is InChI=1S/C19H25F5N4O5S/c20-18(21,19(22,23)24)4-1-13-11-25-15(26-12-13)14-2-7-28(8-3-14)34(31,32)17(16(29)27-30)5-9-33-10-6-17/h11-12,14,30H,1-10H2,(H,27,29). The zero-order valence-electron chi connectivity index (χ0n) is 18.0. The Bertz CT molecular complexity index is 960. The van der Waals surface area contributed by atoms with Gasteiger partial charge in [-0.2, -0.15) is 22.0 Å². The molecule has 2 fully saturated rings. The van der Waals surface area contributed by atoms with E-state index in [0.29, 0.717) is 18.7 Å². The van der Waals surface area contributed by atoms with E-state index in [-0.39, 0.29) is 50.6 Å². The molecule has 1 amide bonds. The fraction of sp³-hybridized carbons (Fsp3) is 0.737. The largest absolute Gasteiger partial charge is 0.453 e. The van der Waals surface area contributed by atoms with Gasteiger partial charge in [-0.25, -0.2) is 28.2 Å². The van der Waals surface area contributed by atoms with Crippen LogP contribution in [0.4, 0.5) is 22.0 Å². The quantitative estimate of drug-likeness (QED) is 0.324. The van der Waals surface area contributed by atoms with Gasteiger partial charge in [-0.15, -0.1) is 0 Å². The maximum Gasteiger partial charge on any atom is 0.453 e. The van der Waals surface area contributed by atoms with Crippen molar-refractivity contribution in [1.82, 2.24) is 19.8 Å². The first-order valence-corrected chi connectivity index (χ1v) is 12.1. The molecule has 0 radical (unpaired) electrons. The Kier molecular flexibility index (Phi) is 7.79. The van der Waals surface area contributed by atoms with Gasteiger partial charge < -0.3 is 4.74 Å². The summed E-state index contributed by atoms with van der Waals surface area (Å²) in [6, 6.07) is 0. The van der Waals surface area contributed by atoms with Crippen LogP contribution in [0.2, 0.25) is 0 Å². The number of amides is 1. The molecule has 0 unspecified atom stereocenters. The molecule has 9 nitrogen and oxygen atoms in total. The molecule has 2 N–H and O–H groups in total. The van der Waals surface area contributed by atoms with E-state index < -0.39 is 45.6 Å². The second-order valence-corrected chi connectivity index (χ2v) is 10.6. The first-order valence-electron chi connectivity index (χ1n) is 10.6. The highest BCUT2D eigenvalue weighted by atomic mass is 32.2. The molecule has 192 valence electrons. The molecule has 34 heavy (non-hydrogen) atoms. The van der Waals surface area contributed by atoms with Crippen LogP contribution in [-0.4, -0.2) is 77.0 Å². The predicted molar refractivity (Wildman–Crippen MR) is 107 cm³/mol. The molecule has 2 aliphatic heterocycles. The Morgan fingerprint density at radius 3 is 2.21 bits per heavy atom. The molecular formula is C19H25F5N4O5S. The molecular weight excluding hydrogens is 491 g/mol. The second kappa shape index (κ2) is 9.95. The van der Waals surface area contributed by atoms with Gasteiger partial charge in [0.25, 0.3) is 5.91 Å². The Hall–Kier alpha value is -1.97. The van der Waals surface area contributed by atoms with E-state index >= 15 is 0 Å². The topological polar surface area (TPSA) is 122 Å². The predicted octanol–water partition coefficient (Wildman–Crippen LogP) is 2.17. The van der Waals surface area contributed by atoms with Crippen molar-refractivity contribution < 1.29 is 45.1 Å². The molecule has 15 heteroatoms. The van der Waals surface area contributed by atoms with Crippen molar-refractivity contribution in [1.29, 1.82) is 0 Å². The first kappa shape index (κ1) is 26.6. The van der Waals surface area contributed by atoms with Crippen molar-refractivity contribution >= 4 is 15.9 Å². The number of nitrogens with one attached hydrogen (secondary N) is 1. The zero-order valence-corrected chi connectivity index (χ0v) is 18.8. The van der Waals surface area contributed by atoms with Crippen molar-refractivity contribution in [2.24, 2.45) is 0 Å². The number of sulfonamides is 1. The van der Waals surface area contributed by atoms with Gasteiger partial charge in [0.1, 0.15) is 5.82 Å². The summed E-state index contributed by atoms with van der Waals surface area (Å²) in [6.45, 7) is 0.241. The zero-order chi connectivity index (χ0) is 25.2. The third-order valence-corrected chi connectivity index (χ3v) is 8.96. The van der Waals surface area contributed by atoms with Crippen molar-refractivity contribution in [3.05, 3.63) is 23.8 Å². The van der Waals surface area contributed by atoms with E-state index in [1.165, 1.54) is 22.2 Å². The van der Waals surface area contributed by atoms with E-state index in [2.05, 4.69) is 9.97 Å². The Morgan fingerprint density at radius 1 is 1.15 bits per heavy atom. The number of carbonyl (C=O) groups excluding carboxylic acids is 1. The maximum absolute atomic E-state index is 13.3. The second-order valence-electron chi connectivity index (χ2n) is 8.38. The molecule has 1 aromatic rings. The highest BCUT2D eigenvalue weighted by Gasteiger charge is 2.57. The molecule has 0 bridgehead atoms. The number of rotatable bonds is 7. The molecule has 0 aromatic carbocycles. The fourth-order valence-electron chi connectivity index (χ4n) is 4.15. The molecule has 0 spiro atoms. The van der Waals surface area contributed by atoms with Crippen LogP contribution < -0.4 is 5.48 Å². The highest BCUT2D eigenvalue weighted by molar-refractivity contribution is 7.91. The number of alkyl halides is 5. The number of carbonyl (C=O) groups is 1. The summed E-state index contributed by atoms with van der Waals surface area (Å²) in [7, 11) is -4.13. The van der Waals surface area contributed by atoms with E-state index in [4.69, 9.17) is 9.94 Å². The monoisotopic (exact) mass is 516 g/mol. The average Bonchev–Trinajstić information content (AvgIpc) is 2.82. The van der Waals surface area contributed by atoms with Crippen LogP contribution in [0, 0.1) is 0 Å². The number of nitrogens with zero attached hydrogens (tertiary/aromatic N) is 3. The van der Waals surface area contributed by atoms with E-state index in [1.807, 2.05) is 0 Å². The number of hydrogen-bond donors (Lipinski definition) is 2. The van der Waals surface area contributed by atoms with Crippen LogP contribution >= 0.6 is 0 Å². The lowest BCUT2D eigenvalue weighted by Crippen LogP contribution is -2.60. The van der Waals surface area contributed by atoms with Gasteiger partial charge in [-0.1, -0.05) is 0 Å². The van der Waals surface area contributed by atoms with Gasteiger partial charge in [0, 0.05) is 63.9 Å². The maximum atomic E-state index is 13.3. The minimum atomic E-state index is -5.62. The smallest absolute Gasteiger partial charge is 0.381 e. The minimum absolute atomic E-state index is 0.0538. The van der Waals surface area contributed by atoms with Crippen LogP contribution in [0.1, 0.15) is 49.4 Å². The van der Waals surface area contributed by atoms with Crippen molar-refractivity contribution in [2.45, 2.75) is 61.3 Å². The molecule has 1 aromatic heterocycles. The average molecular weight is 516 g/mol. The molecule has 2 aliphatic rings. The summed E-state index contributed by atoms with van der Waals surface area (Å²) in [5, 5.41) is 9.11. The molecule has 3 rings (SSSR count). The number of halogens is 5. The summed E-state index contributed by atoms with van der Waals surface area (Å²) in [5.41, 5.74) is 1.59. The minimum Gasteiger partial charge on any atom is -0.381 e. The van der Waals surface area contributed by atoms with Gasteiger partial charge in [-0.3, -0.25) is 10.0 Å². The number of aryl methyl sites for hydroxylation is 1. The summed E-state index contributed by atoms with van der Waals surface area (Å²) in [6.07, 6.45) is -4.76. The fourth-order valence-corrected chi connectivity index (χ4v) is 6.30. The van der Waals surface area contributed by atoms with Crippen LogP contribution in [0.15, 0.2) is 12.4 Å². The van der Waals surface area contributed by atoms with Crippen molar-refractivity contribution in [2.75, 3.05) is 26.3 Å². The normalized spacial score (nSPS) is 20.8. The van der Waals surface area contributed by atoms with Gasteiger partial charge in [0.05, 0.1) is 0 Å². The summed E-state index contributed by atoms with van der Waals surface area (Å²) >= 11 is 0. The molecule has 0 saturated carbocycles. The van der Waals surface area contributed by atoms with Crippen LogP contribution in [0.25, 0.3) is 0 Å². The van der Waals surface area contributed by atoms with Gasteiger partial charge >= 0.3 is 12.1 Å². The summed E-state index contributed by atoms with van der Waals surface area (Å²) < 4.78 is 94.2. The van der Waals surface area contributed by atoms with E-state index in [1.54, 1.807) is 0 Å². The van der Waals surface area contributed by atoms with Crippen LogP contribution in [0.3, 0.4) is 0 Å². The Labute approximate surface area is 192 Å². The van der Waals surface area contributed by atoms with E-state index in [0.717, 1.165) is 0 Å². The molecule has 0 aliphatic carbocycles. The number of hydrogen-bond acceptors (Lipinski definition) is 7. The van der Waals surface area contributed by atoms with Crippen molar-refractivity contribution in [3.8, 4) is 0 Å². The lowest BCUT2D eigenvalue weighted by Gasteiger charge is -2.40. The number of piperidine rings is 1. The number of ether oxygens (including phenoxy) is 1. The van der Waals surface area contributed by atoms with Crippen molar-refractivity contribution in [3.63, 3.8) is 0 Å². The van der Waals surface area contributed by atoms with Gasteiger partial charge in [-0.05, 0) is 24.8 Å². The van der Waals surface area contributed by atoms with Crippen LogP contribution in [-0.2, 0) is 26.0 Å². The van der Waals surface area contributed by atoms with Gasteiger partial charge in [0.2, 0.25) is 10.0 Å². The number of aromatic nitrogens is 2.